The molecule has 0 saturated heterocycles. The number of hydrogen-bond donors (Lipinski definition) is 1. The first-order valence-electron chi connectivity index (χ1n) is 18.2. The summed E-state index contributed by atoms with van der Waals surface area (Å²) in [6.07, 6.45) is 11.0. The lowest BCUT2D eigenvalue weighted by Crippen LogP contribution is -2.44. The molecule has 0 saturated carbocycles. The number of methoxy groups -OCH3 is 2. The van der Waals surface area contributed by atoms with E-state index in [1.807, 2.05) is 24.7 Å². The van der Waals surface area contributed by atoms with Crippen LogP contribution in [0.2, 0.25) is 0 Å². The first-order valence-corrected chi connectivity index (χ1v) is 18.2. The Morgan fingerprint density at radius 1 is 0.796 bits per heavy atom. The lowest BCUT2D eigenvalue weighted by molar-refractivity contribution is 0.0738. The fourth-order valence-corrected chi connectivity index (χ4v) is 7.16. The maximum atomic E-state index is 13.8. The Balaban J connectivity index is 0.992. The fraction of sp³-hybridized carbons (Fsp3) is 0.302. The van der Waals surface area contributed by atoms with Crippen LogP contribution in [-0.4, -0.2) is 86.1 Å². The van der Waals surface area contributed by atoms with Gasteiger partial charge in [-0.25, -0.2) is 0 Å². The first kappa shape index (κ1) is 36.3. The number of rotatable bonds is 13. The SMILES string of the molecule is C=CC1=C(C=C)CN2C(=O)c3cc(OC)c(OCCCOc4cc5c(cc4OC)C(=O)N4C=C(c6ccc(NC(C)C)cc6)CC4C=N5)cc3N=CC2C1. The van der Waals surface area contributed by atoms with Crippen LogP contribution in [-0.2, 0) is 0 Å². The molecule has 7 rings (SSSR count). The molecule has 0 bridgehead atoms. The molecule has 2 amide bonds. The van der Waals surface area contributed by atoms with Gasteiger partial charge in [0.2, 0.25) is 0 Å². The molecular weight excluding hydrogens is 683 g/mol. The molecule has 2 atom stereocenters. The topological polar surface area (TPSA) is 114 Å². The summed E-state index contributed by atoms with van der Waals surface area (Å²) in [7, 11) is 3.09. The van der Waals surface area contributed by atoms with Gasteiger partial charge in [0.05, 0.1) is 62.0 Å². The van der Waals surface area contributed by atoms with Gasteiger partial charge in [0.15, 0.2) is 23.0 Å². The number of amides is 2. The highest BCUT2D eigenvalue weighted by Crippen LogP contribution is 2.41. The van der Waals surface area contributed by atoms with Gasteiger partial charge in [-0.2, -0.15) is 0 Å². The maximum Gasteiger partial charge on any atom is 0.260 e. The molecule has 2 unspecified atom stereocenters. The van der Waals surface area contributed by atoms with E-state index in [0.717, 1.165) is 28.0 Å². The van der Waals surface area contributed by atoms with Crippen LogP contribution >= 0.6 is 0 Å². The van der Waals surface area contributed by atoms with Crippen LogP contribution in [0.5, 0.6) is 23.0 Å². The Bertz CT molecular complexity index is 2110. The van der Waals surface area contributed by atoms with E-state index in [1.165, 1.54) is 0 Å². The smallest absolute Gasteiger partial charge is 0.260 e. The van der Waals surface area contributed by atoms with Crippen LogP contribution in [0.25, 0.3) is 5.57 Å². The van der Waals surface area contributed by atoms with Crippen LogP contribution in [0, 0.1) is 0 Å². The number of aliphatic imine (C=N–C) groups is 2. The minimum Gasteiger partial charge on any atom is -0.493 e. The molecule has 0 fully saturated rings. The second-order valence-corrected chi connectivity index (χ2v) is 13.8. The van der Waals surface area contributed by atoms with Crippen molar-refractivity contribution in [1.29, 1.82) is 0 Å². The van der Waals surface area contributed by atoms with Crippen LogP contribution in [0.15, 0.2) is 101 Å². The van der Waals surface area contributed by atoms with Crippen molar-refractivity contribution in [1.82, 2.24) is 9.80 Å². The summed E-state index contributed by atoms with van der Waals surface area (Å²) in [6.45, 7) is 13.1. The number of carbonyl (C=O) groups excluding carboxylic acids is 2. The number of carbonyl (C=O) groups is 2. The number of benzene rings is 3. The molecule has 278 valence electrons. The predicted octanol–water partition coefficient (Wildman–Crippen LogP) is 7.94. The summed E-state index contributed by atoms with van der Waals surface area (Å²) in [5.41, 5.74) is 7.20. The van der Waals surface area contributed by atoms with Crippen molar-refractivity contribution < 1.29 is 28.5 Å². The summed E-state index contributed by atoms with van der Waals surface area (Å²) in [6, 6.07) is 15.1. The summed E-state index contributed by atoms with van der Waals surface area (Å²) >= 11 is 0. The van der Waals surface area contributed by atoms with Gasteiger partial charge < -0.3 is 34.1 Å². The largest absolute Gasteiger partial charge is 0.493 e. The highest BCUT2D eigenvalue weighted by atomic mass is 16.5. The Hall–Kier alpha value is -6.10. The minimum absolute atomic E-state index is 0.128. The van der Waals surface area contributed by atoms with E-state index in [1.54, 1.807) is 54.4 Å². The van der Waals surface area contributed by atoms with E-state index >= 15 is 0 Å². The second kappa shape index (κ2) is 15.5. The number of hydrogen-bond acceptors (Lipinski definition) is 9. The monoisotopic (exact) mass is 727 g/mol. The lowest BCUT2D eigenvalue weighted by Gasteiger charge is -2.34. The predicted molar refractivity (Wildman–Crippen MR) is 213 cm³/mol. The zero-order valence-corrected chi connectivity index (χ0v) is 31.1. The third-order valence-electron chi connectivity index (χ3n) is 9.96. The van der Waals surface area contributed by atoms with Crippen LogP contribution in [0.3, 0.4) is 0 Å². The van der Waals surface area contributed by atoms with Crippen molar-refractivity contribution in [2.45, 2.75) is 51.2 Å². The molecule has 0 spiro atoms. The third-order valence-corrected chi connectivity index (χ3v) is 9.96. The molecule has 54 heavy (non-hydrogen) atoms. The highest BCUT2D eigenvalue weighted by molar-refractivity contribution is 6.06. The Morgan fingerprint density at radius 3 is 1.96 bits per heavy atom. The van der Waals surface area contributed by atoms with E-state index in [-0.39, 0.29) is 23.9 Å². The summed E-state index contributed by atoms with van der Waals surface area (Å²) in [5.74, 6) is 1.57. The molecule has 0 aromatic heterocycles. The molecule has 1 N–H and O–H groups in total. The minimum atomic E-state index is -0.191. The van der Waals surface area contributed by atoms with E-state index in [9.17, 15) is 9.59 Å². The number of nitrogens with zero attached hydrogens (tertiary/aromatic N) is 4. The van der Waals surface area contributed by atoms with E-state index < -0.39 is 0 Å². The van der Waals surface area contributed by atoms with Crippen molar-refractivity contribution in [3.05, 3.63) is 108 Å². The number of anilines is 1. The molecule has 0 aliphatic carbocycles. The number of allylic oxidation sites excluding steroid dienone is 1. The van der Waals surface area contributed by atoms with Crippen molar-refractivity contribution >= 4 is 46.9 Å². The zero-order valence-electron chi connectivity index (χ0n) is 31.1. The molecule has 11 heteroatoms. The third kappa shape index (κ3) is 7.13. The molecule has 4 aliphatic rings. The van der Waals surface area contributed by atoms with Gasteiger partial charge in [-0.15, -0.1) is 0 Å². The van der Waals surface area contributed by atoms with Crippen molar-refractivity contribution in [2.24, 2.45) is 9.98 Å². The molecule has 11 nitrogen and oxygen atoms in total. The van der Waals surface area contributed by atoms with Crippen LogP contribution in [0.1, 0.15) is 59.4 Å². The Kier molecular flexibility index (Phi) is 10.4. The second-order valence-electron chi connectivity index (χ2n) is 13.8. The molecular formula is C43H45N5O6. The first-order chi connectivity index (χ1) is 26.2. The molecule has 3 aromatic rings. The van der Waals surface area contributed by atoms with Gasteiger partial charge in [-0.1, -0.05) is 37.4 Å². The summed E-state index contributed by atoms with van der Waals surface area (Å²) in [4.78, 5) is 40.5. The van der Waals surface area contributed by atoms with E-state index in [4.69, 9.17) is 23.9 Å². The molecule has 0 radical (unpaired) electrons. The van der Waals surface area contributed by atoms with Crippen molar-refractivity contribution in [3.63, 3.8) is 0 Å². The van der Waals surface area contributed by atoms with Crippen LogP contribution in [0.4, 0.5) is 17.1 Å². The quantitative estimate of drug-likeness (QED) is 0.178. The molecule has 4 heterocycles. The Morgan fingerprint density at radius 2 is 1.39 bits per heavy atom. The fourth-order valence-electron chi connectivity index (χ4n) is 7.16. The molecule has 4 aliphatic heterocycles. The van der Waals surface area contributed by atoms with E-state index in [2.05, 4.69) is 61.6 Å². The van der Waals surface area contributed by atoms with Gasteiger partial charge >= 0.3 is 0 Å². The lowest BCUT2D eigenvalue weighted by atomic mass is 9.94. The van der Waals surface area contributed by atoms with Crippen molar-refractivity contribution in [3.8, 4) is 23.0 Å². The number of nitrogens with one attached hydrogen (secondary N) is 1. The summed E-state index contributed by atoms with van der Waals surface area (Å²) < 4.78 is 23.5. The van der Waals surface area contributed by atoms with Crippen molar-refractivity contribution in [2.75, 3.05) is 39.3 Å². The maximum absolute atomic E-state index is 13.8. The van der Waals surface area contributed by atoms with Gasteiger partial charge in [-0.3, -0.25) is 19.6 Å². The zero-order chi connectivity index (χ0) is 37.9. The van der Waals surface area contributed by atoms with Gasteiger partial charge in [0, 0.05) is 61.9 Å². The summed E-state index contributed by atoms with van der Waals surface area (Å²) in [5, 5.41) is 3.41. The van der Waals surface area contributed by atoms with Gasteiger partial charge in [-0.05, 0) is 66.8 Å². The highest BCUT2D eigenvalue weighted by Gasteiger charge is 2.35. The molecule has 3 aromatic carbocycles. The number of ether oxygens (including phenoxy) is 4. The van der Waals surface area contributed by atoms with Gasteiger partial charge in [0.25, 0.3) is 11.8 Å². The van der Waals surface area contributed by atoms with Crippen LogP contribution < -0.4 is 24.3 Å². The average Bonchev–Trinajstić information content (AvgIpc) is 3.51. The average molecular weight is 728 g/mol. The number of fused-ring (bicyclic) bond motifs is 4. The van der Waals surface area contributed by atoms with Gasteiger partial charge in [0.1, 0.15) is 0 Å². The Labute approximate surface area is 316 Å². The van der Waals surface area contributed by atoms with E-state index in [0.29, 0.717) is 90.6 Å². The normalized spacial score (nSPS) is 18.6. The standard InChI is InChI=1S/C43H45N5O6/c1-7-27-16-32-22-44-36-20-40(38(51-5)18-34(36)42(49)47(32)24-28(27)8-2)53-14-9-15-54-41-21-37-35(19-39(41)52-6)43(50)48-25-30(17-33(48)23-45-37)29-10-12-31(13-11-29)46-26(3)4/h7-8,10-13,18-23,25-26,32-33,46H,1-2,9,14-17,24H2,3-6H3.